The van der Waals surface area contributed by atoms with E-state index in [-0.39, 0.29) is 41.8 Å². The molecule has 4 aliphatic rings. The van der Waals surface area contributed by atoms with Crippen LogP contribution in [0.5, 0.6) is 0 Å². The van der Waals surface area contributed by atoms with Crippen molar-refractivity contribution in [3.63, 3.8) is 0 Å². The highest BCUT2D eigenvalue weighted by Crippen LogP contribution is 2.67. The number of allylic oxidation sites excluding steroid dienone is 1. The van der Waals surface area contributed by atoms with Gasteiger partial charge in [0.1, 0.15) is 0 Å². The van der Waals surface area contributed by atoms with E-state index in [0.29, 0.717) is 12.8 Å². The van der Waals surface area contributed by atoms with Crippen LogP contribution in [-0.4, -0.2) is 57.3 Å². The first kappa shape index (κ1) is 21.7. The summed E-state index contributed by atoms with van der Waals surface area (Å²) in [7, 11) is 0. The van der Waals surface area contributed by atoms with Crippen LogP contribution in [0.1, 0.15) is 59.3 Å². The first-order valence-electron chi connectivity index (χ1n) is 10.9. The van der Waals surface area contributed by atoms with E-state index in [1.807, 2.05) is 0 Å². The average Bonchev–Trinajstić information content (AvgIpc) is 2.87. The highest BCUT2D eigenvalue weighted by molar-refractivity contribution is 5.92. The van der Waals surface area contributed by atoms with Gasteiger partial charge in [-0.05, 0) is 61.3 Å². The van der Waals surface area contributed by atoms with E-state index in [4.69, 9.17) is 4.74 Å². The molecular formula is C23H32O7. The second kappa shape index (κ2) is 6.97. The summed E-state index contributed by atoms with van der Waals surface area (Å²) in [4.78, 5) is 36.0. The van der Waals surface area contributed by atoms with Crippen LogP contribution in [0.2, 0.25) is 0 Å². The number of carbonyl (C=O) groups excluding carboxylic acids is 3. The molecule has 0 bridgehead atoms. The lowest BCUT2D eigenvalue weighted by Crippen LogP contribution is -2.64. The first-order chi connectivity index (χ1) is 13.9. The summed E-state index contributed by atoms with van der Waals surface area (Å²) >= 11 is 0. The summed E-state index contributed by atoms with van der Waals surface area (Å²) < 4.78 is 4.82. The van der Waals surface area contributed by atoms with Crippen LogP contribution < -0.4 is 0 Å². The van der Waals surface area contributed by atoms with E-state index in [2.05, 4.69) is 6.92 Å². The molecule has 0 unspecified atom stereocenters. The molecule has 0 aliphatic heterocycles. The van der Waals surface area contributed by atoms with Gasteiger partial charge in [0, 0.05) is 18.8 Å². The van der Waals surface area contributed by atoms with Crippen LogP contribution in [0, 0.1) is 28.6 Å². The van der Waals surface area contributed by atoms with Gasteiger partial charge in [-0.1, -0.05) is 19.4 Å². The van der Waals surface area contributed by atoms with Gasteiger partial charge in [-0.25, -0.2) is 0 Å². The van der Waals surface area contributed by atoms with Crippen molar-refractivity contribution in [2.24, 2.45) is 28.6 Å². The fourth-order valence-corrected chi connectivity index (χ4v) is 7.48. The molecule has 30 heavy (non-hydrogen) atoms. The molecule has 166 valence electrons. The molecule has 3 N–H and O–H groups in total. The summed E-state index contributed by atoms with van der Waals surface area (Å²) in [6.07, 6.45) is 2.80. The van der Waals surface area contributed by atoms with Crippen LogP contribution in [0.3, 0.4) is 0 Å². The number of ether oxygens (including phenoxy) is 1. The Kier molecular flexibility index (Phi) is 5.03. The predicted octanol–water partition coefficient (Wildman–Crippen LogP) is 1.32. The van der Waals surface area contributed by atoms with Crippen molar-refractivity contribution < 1.29 is 34.4 Å². The SMILES string of the molecule is CC(=O)OCC(=O)[C@@]1(O)[C@H](O)C[C@H]2[C@@H]3CCC4=CC(=O)CC[C@]4(C)[C@H]3[C@@H](O)C[C@@]21C. The van der Waals surface area contributed by atoms with Gasteiger partial charge in [0.15, 0.2) is 18.0 Å². The van der Waals surface area contributed by atoms with Gasteiger partial charge in [0.25, 0.3) is 0 Å². The van der Waals surface area contributed by atoms with Crippen molar-refractivity contribution in [1.82, 2.24) is 0 Å². The number of Topliss-reactive ketones (excluding diaryl/α,β-unsaturated/α-hetero) is 1. The Hall–Kier alpha value is -1.57. The van der Waals surface area contributed by atoms with E-state index < -0.39 is 41.6 Å². The fraction of sp³-hybridized carbons (Fsp3) is 0.783. The number of hydrogen-bond acceptors (Lipinski definition) is 7. The van der Waals surface area contributed by atoms with Gasteiger partial charge in [-0.2, -0.15) is 0 Å². The summed E-state index contributed by atoms with van der Waals surface area (Å²) in [5.41, 5.74) is -2.28. The van der Waals surface area contributed by atoms with E-state index in [0.717, 1.165) is 18.4 Å². The predicted molar refractivity (Wildman–Crippen MR) is 106 cm³/mol. The summed E-state index contributed by atoms with van der Waals surface area (Å²) in [5, 5.41) is 33.6. The molecular weight excluding hydrogens is 388 g/mol. The number of carbonyl (C=O) groups is 3. The lowest BCUT2D eigenvalue weighted by molar-refractivity contribution is -0.194. The zero-order valence-electron chi connectivity index (χ0n) is 17.9. The molecule has 3 fully saturated rings. The van der Waals surface area contributed by atoms with Crippen LogP contribution in [0.15, 0.2) is 11.6 Å². The molecule has 0 aromatic rings. The third kappa shape index (κ3) is 2.78. The molecule has 8 atom stereocenters. The smallest absolute Gasteiger partial charge is 0.303 e. The molecule has 4 rings (SSSR count). The third-order valence-corrected chi connectivity index (χ3v) is 8.95. The molecule has 0 radical (unpaired) electrons. The zero-order valence-corrected chi connectivity index (χ0v) is 17.9. The normalized spacial score (nSPS) is 47.6. The van der Waals surface area contributed by atoms with E-state index in [1.54, 1.807) is 13.0 Å². The molecule has 0 aromatic carbocycles. The second-order valence-corrected chi connectivity index (χ2v) is 10.3. The standard InChI is InChI=1S/C23H32O7/c1-12(24)30-11-19(28)23(29)18(27)9-16-15-5-4-13-8-14(25)6-7-21(13,2)20(15)17(26)10-22(16,23)3/h8,15-18,20,26-27,29H,4-7,9-11H2,1-3H3/t15-,16-,17-,18+,20+,21-,22-,23-/m0/s1. The van der Waals surface area contributed by atoms with Crippen LogP contribution in [-0.2, 0) is 19.1 Å². The van der Waals surface area contributed by atoms with Crippen molar-refractivity contribution in [2.45, 2.75) is 77.1 Å². The van der Waals surface area contributed by atoms with Crippen molar-refractivity contribution >= 4 is 17.5 Å². The monoisotopic (exact) mass is 420 g/mol. The van der Waals surface area contributed by atoms with Crippen molar-refractivity contribution in [2.75, 3.05) is 6.61 Å². The molecule has 0 aromatic heterocycles. The highest BCUT2D eigenvalue weighted by atomic mass is 16.5. The van der Waals surface area contributed by atoms with Gasteiger partial charge in [0.2, 0.25) is 5.78 Å². The van der Waals surface area contributed by atoms with Crippen LogP contribution >= 0.6 is 0 Å². The second-order valence-electron chi connectivity index (χ2n) is 10.3. The van der Waals surface area contributed by atoms with Crippen LogP contribution in [0.25, 0.3) is 0 Å². The Balaban J connectivity index is 1.69. The first-order valence-corrected chi connectivity index (χ1v) is 10.9. The van der Waals surface area contributed by atoms with Gasteiger partial charge in [0.05, 0.1) is 12.2 Å². The highest BCUT2D eigenvalue weighted by Gasteiger charge is 2.71. The van der Waals surface area contributed by atoms with E-state index in [1.165, 1.54) is 6.92 Å². The van der Waals surface area contributed by atoms with Gasteiger partial charge < -0.3 is 20.1 Å². The van der Waals surface area contributed by atoms with Crippen molar-refractivity contribution in [3.8, 4) is 0 Å². The van der Waals surface area contributed by atoms with Crippen molar-refractivity contribution in [1.29, 1.82) is 0 Å². The summed E-state index contributed by atoms with van der Waals surface area (Å²) in [5.74, 6) is -1.41. The number of hydrogen-bond donors (Lipinski definition) is 3. The topological polar surface area (TPSA) is 121 Å². The number of ketones is 2. The van der Waals surface area contributed by atoms with E-state index >= 15 is 0 Å². The maximum Gasteiger partial charge on any atom is 0.303 e. The number of rotatable bonds is 3. The number of fused-ring (bicyclic) bond motifs is 5. The minimum atomic E-state index is -2.07. The Morgan fingerprint density at radius 1 is 1.23 bits per heavy atom. The molecule has 0 heterocycles. The van der Waals surface area contributed by atoms with E-state index in [9.17, 15) is 29.7 Å². The number of esters is 1. The maximum atomic E-state index is 12.9. The van der Waals surface area contributed by atoms with Gasteiger partial charge >= 0.3 is 5.97 Å². The average molecular weight is 421 g/mol. The number of aliphatic hydroxyl groups excluding tert-OH is 2. The Morgan fingerprint density at radius 2 is 1.93 bits per heavy atom. The van der Waals surface area contributed by atoms with Crippen LogP contribution in [0.4, 0.5) is 0 Å². The third-order valence-electron chi connectivity index (χ3n) is 8.95. The molecule has 7 heteroatoms. The molecule has 7 nitrogen and oxygen atoms in total. The molecule has 0 spiro atoms. The lowest BCUT2D eigenvalue weighted by Gasteiger charge is -2.60. The van der Waals surface area contributed by atoms with Crippen molar-refractivity contribution in [3.05, 3.63) is 11.6 Å². The maximum absolute atomic E-state index is 12.9. The Morgan fingerprint density at radius 3 is 2.60 bits per heavy atom. The Labute approximate surface area is 176 Å². The number of aliphatic hydroxyl groups is 3. The molecule has 4 aliphatic carbocycles. The van der Waals surface area contributed by atoms with Gasteiger partial charge in [-0.15, -0.1) is 0 Å². The molecule has 0 saturated heterocycles. The Bertz CT molecular complexity index is 818. The summed E-state index contributed by atoms with van der Waals surface area (Å²) in [6, 6.07) is 0. The quantitative estimate of drug-likeness (QED) is 0.589. The summed E-state index contributed by atoms with van der Waals surface area (Å²) in [6.45, 7) is 4.49. The zero-order chi connectivity index (χ0) is 22.1. The van der Waals surface area contributed by atoms with Gasteiger partial charge in [-0.3, -0.25) is 14.4 Å². The molecule has 3 saturated carbocycles. The minimum absolute atomic E-state index is 0.0271. The minimum Gasteiger partial charge on any atom is -0.458 e. The largest absolute Gasteiger partial charge is 0.458 e. The fourth-order valence-electron chi connectivity index (χ4n) is 7.48. The molecule has 0 amide bonds. The lowest BCUT2D eigenvalue weighted by atomic mass is 9.45.